The predicted octanol–water partition coefficient (Wildman–Crippen LogP) is 3.89. The molecule has 1 aromatic carbocycles. The zero-order valence-electron chi connectivity index (χ0n) is 18.4. The third-order valence-electron chi connectivity index (χ3n) is 5.57. The molecule has 1 unspecified atom stereocenters. The van der Waals surface area contributed by atoms with Crippen LogP contribution in [0.4, 0.5) is 4.79 Å². The number of amides is 3. The fourth-order valence-corrected chi connectivity index (χ4v) is 6.15. The van der Waals surface area contributed by atoms with E-state index in [-0.39, 0.29) is 11.3 Å². The van der Waals surface area contributed by atoms with Crippen molar-refractivity contribution in [3.05, 3.63) is 69.3 Å². The molecule has 0 saturated carbocycles. The first-order valence-corrected chi connectivity index (χ1v) is 12.7. The summed E-state index contributed by atoms with van der Waals surface area (Å²) in [7, 11) is 0. The van der Waals surface area contributed by atoms with Gasteiger partial charge in [0.05, 0.1) is 11.1 Å². The number of carbonyl (C=O) groups excluding carboxylic acids is 2. The lowest BCUT2D eigenvalue weighted by molar-refractivity contribution is -0.117. The minimum atomic E-state index is -0.559. The van der Waals surface area contributed by atoms with Crippen molar-refractivity contribution in [2.45, 2.75) is 44.4 Å². The van der Waals surface area contributed by atoms with Crippen molar-refractivity contribution in [2.24, 2.45) is 5.92 Å². The maximum absolute atomic E-state index is 13.3. The molecule has 4 rings (SSSR count). The van der Waals surface area contributed by atoms with Gasteiger partial charge in [-0.1, -0.05) is 55.1 Å². The summed E-state index contributed by atoms with van der Waals surface area (Å²) in [6, 6.07) is 8.88. The van der Waals surface area contributed by atoms with Crippen LogP contribution in [0.15, 0.2) is 52.9 Å². The maximum atomic E-state index is 13.3. The van der Waals surface area contributed by atoms with E-state index in [9.17, 15) is 14.4 Å². The van der Waals surface area contributed by atoms with E-state index in [0.717, 1.165) is 47.0 Å². The predicted molar refractivity (Wildman–Crippen MR) is 133 cm³/mol. The lowest BCUT2D eigenvalue weighted by atomic mass is 9.89. The number of allylic oxidation sites excluding steroid dienone is 1. The molecule has 0 bridgehead atoms. The van der Waals surface area contributed by atoms with Crippen molar-refractivity contribution in [1.29, 1.82) is 0 Å². The van der Waals surface area contributed by atoms with Crippen LogP contribution in [0, 0.1) is 5.92 Å². The Labute approximate surface area is 200 Å². The number of nitrogens with zero attached hydrogens (tertiary/aromatic N) is 2. The van der Waals surface area contributed by atoms with E-state index in [0.29, 0.717) is 29.6 Å². The summed E-state index contributed by atoms with van der Waals surface area (Å²) in [6.07, 6.45) is 4.59. The van der Waals surface area contributed by atoms with Crippen molar-refractivity contribution in [2.75, 3.05) is 5.75 Å². The van der Waals surface area contributed by atoms with Gasteiger partial charge in [-0.25, -0.2) is 9.78 Å². The second-order valence-electron chi connectivity index (χ2n) is 8.14. The molecule has 1 aliphatic rings. The average molecular weight is 483 g/mol. The van der Waals surface area contributed by atoms with Gasteiger partial charge in [-0.15, -0.1) is 17.9 Å². The highest BCUT2D eigenvalue weighted by molar-refractivity contribution is 7.99. The first kappa shape index (κ1) is 23.3. The number of aryl methyl sites for hydroxylation is 1. The summed E-state index contributed by atoms with van der Waals surface area (Å²) >= 11 is 2.73. The highest BCUT2D eigenvalue weighted by Gasteiger charge is 2.24. The molecule has 1 aliphatic carbocycles. The highest BCUT2D eigenvalue weighted by Crippen LogP contribution is 2.36. The number of nitrogens with one attached hydrogen (secondary N) is 2. The zero-order chi connectivity index (χ0) is 23.4. The van der Waals surface area contributed by atoms with Crippen LogP contribution >= 0.6 is 23.1 Å². The topological polar surface area (TPSA) is 93.1 Å². The average Bonchev–Trinajstić information content (AvgIpc) is 3.16. The Hall–Kier alpha value is -2.91. The first-order valence-electron chi connectivity index (χ1n) is 10.9. The Morgan fingerprint density at radius 3 is 2.88 bits per heavy atom. The fourth-order valence-electron chi connectivity index (χ4n) is 3.92. The van der Waals surface area contributed by atoms with Crippen LogP contribution in [0.1, 0.15) is 29.3 Å². The standard InChI is InChI=1S/C24H26N4O3S2/c1-3-11-28-22(30)20-17-10-9-15(2)12-18(17)33-21(20)27-24(28)32-14-19(29)26-23(31)25-13-16-7-5-4-6-8-16/h3-8,15H,1,9-14H2,2H3,(H2,25,26,29,31). The van der Waals surface area contributed by atoms with E-state index >= 15 is 0 Å². The quantitative estimate of drug-likeness (QED) is 0.303. The number of fused-ring (bicyclic) bond motifs is 3. The van der Waals surface area contributed by atoms with E-state index < -0.39 is 11.9 Å². The molecule has 33 heavy (non-hydrogen) atoms. The minimum Gasteiger partial charge on any atom is -0.334 e. The monoisotopic (exact) mass is 482 g/mol. The van der Waals surface area contributed by atoms with E-state index in [1.807, 2.05) is 30.3 Å². The Bertz CT molecular complexity index is 1250. The number of thioether (sulfide) groups is 1. The maximum Gasteiger partial charge on any atom is 0.321 e. The van der Waals surface area contributed by atoms with Gasteiger partial charge in [-0.05, 0) is 36.3 Å². The normalized spacial score (nSPS) is 15.1. The molecule has 2 N–H and O–H groups in total. The molecule has 3 aromatic rings. The molecular weight excluding hydrogens is 456 g/mol. The number of hydrogen-bond donors (Lipinski definition) is 2. The minimum absolute atomic E-state index is 0.0318. The fraction of sp³-hybridized carbons (Fsp3) is 0.333. The van der Waals surface area contributed by atoms with Crippen molar-refractivity contribution >= 4 is 45.3 Å². The molecule has 2 aromatic heterocycles. The second kappa shape index (κ2) is 10.4. The summed E-state index contributed by atoms with van der Waals surface area (Å²) in [5, 5.41) is 6.15. The van der Waals surface area contributed by atoms with Gasteiger partial charge >= 0.3 is 6.03 Å². The van der Waals surface area contributed by atoms with Crippen LogP contribution in [0.25, 0.3) is 10.2 Å². The summed E-state index contributed by atoms with van der Waals surface area (Å²) in [6.45, 7) is 6.62. The molecule has 7 nitrogen and oxygen atoms in total. The molecular formula is C24H26N4O3S2. The number of imide groups is 1. The van der Waals surface area contributed by atoms with E-state index in [4.69, 9.17) is 4.98 Å². The summed E-state index contributed by atoms with van der Waals surface area (Å²) in [5.74, 6) is 0.117. The lowest BCUT2D eigenvalue weighted by Crippen LogP contribution is -2.40. The molecule has 0 fully saturated rings. The van der Waals surface area contributed by atoms with Crippen LogP contribution in [0.3, 0.4) is 0 Å². The van der Waals surface area contributed by atoms with Gasteiger partial charge in [0.15, 0.2) is 5.16 Å². The van der Waals surface area contributed by atoms with Gasteiger partial charge in [0, 0.05) is 18.0 Å². The van der Waals surface area contributed by atoms with Crippen molar-refractivity contribution in [1.82, 2.24) is 20.2 Å². The number of aromatic nitrogens is 2. The first-order chi connectivity index (χ1) is 16.0. The summed E-state index contributed by atoms with van der Waals surface area (Å²) < 4.78 is 1.56. The summed E-state index contributed by atoms with van der Waals surface area (Å²) in [5.41, 5.74) is 1.98. The number of thiophene rings is 1. The van der Waals surface area contributed by atoms with Crippen LogP contribution in [-0.4, -0.2) is 27.2 Å². The molecule has 3 amide bonds. The summed E-state index contributed by atoms with van der Waals surface area (Å²) in [4.78, 5) is 44.4. The van der Waals surface area contributed by atoms with Gasteiger partial charge in [0.1, 0.15) is 4.83 Å². The van der Waals surface area contributed by atoms with E-state index in [1.54, 1.807) is 22.0 Å². The van der Waals surface area contributed by atoms with Crippen molar-refractivity contribution in [3.63, 3.8) is 0 Å². The third kappa shape index (κ3) is 5.36. The SMILES string of the molecule is C=CCn1c(SCC(=O)NC(=O)NCc2ccccc2)nc2sc3c(c2c1=O)CCC(C)C3. The molecule has 9 heteroatoms. The smallest absolute Gasteiger partial charge is 0.321 e. The third-order valence-corrected chi connectivity index (χ3v) is 7.70. The molecule has 172 valence electrons. The van der Waals surface area contributed by atoms with Crippen LogP contribution < -0.4 is 16.2 Å². The van der Waals surface area contributed by atoms with Gasteiger partial charge in [-0.3, -0.25) is 19.5 Å². The largest absolute Gasteiger partial charge is 0.334 e. The Morgan fingerprint density at radius 1 is 1.33 bits per heavy atom. The van der Waals surface area contributed by atoms with Crippen LogP contribution in [0.5, 0.6) is 0 Å². The van der Waals surface area contributed by atoms with Crippen molar-refractivity contribution < 1.29 is 9.59 Å². The number of benzene rings is 1. The molecule has 2 heterocycles. The zero-order valence-corrected chi connectivity index (χ0v) is 20.1. The highest BCUT2D eigenvalue weighted by atomic mass is 32.2. The molecule has 0 radical (unpaired) electrons. The van der Waals surface area contributed by atoms with Gasteiger partial charge in [-0.2, -0.15) is 0 Å². The van der Waals surface area contributed by atoms with Crippen molar-refractivity contribution in [3.8, 4) is 0 Å². The van der Waals surface area contributed by atoms with Crippen LogP contribution in [0.2, 0.25) is 0 Å². The molecule has 0 saturated heterocycles. The van der Waals surface area contributed by atoms with Gasteiger partial charge in [0.25, 0.3) is 5.56 Å². The Balaban J connectivity index is 1.45. The van der Waals surface area contributed by atoms with Gasteiger partial charge in [0.2, 0.25) is 5.91 Å². The molecule has 0 spiro atoms. The number of carbonyl (C=O) groups is 2. The van der Waals surface area contributed by atoms with Crippen LogP contribution in [-0.2, 0) is 30.7 Å². The molecule has 1 atom stereocenters. The Morgan fingerprint density at radius 2 is 2.12 bits per heavy atom. The number of urea groups is 1. The van der Waals surface area contributed by atoms with Gasteiger partial charge < -0.3 is 5.32 Å². The second-order valence-corrected chi connectivity index (χ2v) is 10.2. The molecule has 0 aliphatic heterocycles. The lowest BCUT2D eigenvalue weighted by Gasteiger charge is -2.17. The number of rotatable bonds is 7. The Kier molecular flexibility index (Phi) is 7.29. The number of hydrogen-bond acceptors (Lipinski definition) is 6. The van der Waals surface area contributed by atoms with E-state index in [1.165, 1.54) is 4.88 Å². The van der Waals surface area contributed by atoms with E-state index in [2.05, 4.69) is 24.1 Å².